The molecule has 0 aliphatic rings. The maximum absolute atomic E-state index is 10.9. The van der Waals surface area contributed by atoms with Crippen LogP contribution in [0.3, 0.4) is 0 Å². The fourth-order valence-corrected chi connectivity index (χ4v) is 1.27. The Hall–Kier alpha value is -0.870. The first-order valence-corrected chi connectivity index (χ1v) is 5.20. The molecule has 0 heterocycles. The Balaban J connectivity index is 3.31. The van der Waals surface area contributed by atoms with Gasteiger partial charge >= 0.3 is 5.97 Å². The van der Waals surface area contributed by atoms with E-state index in [0.717, 1.165) is 25.7 Å². The minimum Gasteiger partial charge on any atom is -0.466 e. The van der Waals surface area contributed by atoms with Gasteiger partial charge in [-0.1, -0.05) is 19.4 Å². The lowest BCUT2D eigenvalue weighted by Crippen LogP contribution is -2.04. The zero-order valence-corrected chi connectivity index (χ0v) is 9.24. The number of aliphatic hydroxyl groups excluding tert-OH is 1. The van der Waals surface area contributed by atoms with Crippen molar-refractivity contribution in [1.82, 2.24) is 0 Å². The molecule has 0 atom stereocenters. The van der Waals surface area contributed by atoms with E-state index >= 15 is 0 Å². The molecular formula is C11H20O4. The van der Waals surface area contributed by atoms with Crippen LogP contribution in [0, 0.1) is 0 Å². The largest absolute Gasteiger partial charge is 0.466 e. The third-order valence-corrected chi connectivity index (χ3v) is 2.16. The number of unbranched alkanes of at least 4 members (excludes halogenated alkanes) is 3. The summed E-state index contributed by atoms with van der Waals surface area (Å²) in [4.78, 5) is 10.9. The highest BCUT2D eigenvalue weighted by molar-refractivity contribution is 5.87. The van der Waals surface area contributed by atoms with Gasteiger partial charge in [0, 0.05) is 5.57 Å². The molecule has 0 bridgehead atoms. The highest BCUT2D eigenvalue weighted by Gasteiger charge is 2.05. The summed E-state index contributed by atoms with van der Waals surface area (Å²) in [5, 5.41) is 17.2. The summed E-state index contributed by atoms with van der Waals surface area (Å²) in [5.41, 5.74) is 0.500. The Morgan fingerprint density at radius 2 is 1.87 bits per heavy atom. The van der Waals surface area contributed by atoms with E-state index in [9.17, 15) is 4.79 Å². The second kappa shape index (κ2) is 8.44. The first-order valence-electron chi connectivity index (χ1n) is 5.20. The summed E-state index contributed by atoms with van der Waals surface area (Å²) in [5.74, 6) is -0.346. The van der Waals surface area contributed by atoms with Crippen molar-refractivity contribution in [3.63, 3.8) is 0 Å². The summed E-state index contributed by atoms with van der Waals surface area (Å²) in [6, 6.07) is 0. The second-order valence-electron chi connectivity index (χ2n) is 3.53. The van der Waals surface area contributed by atoms with E-state index in [-0.39, 0.29) is 5.97 Å². The highest BCUT2D eigenvalue weighted by atomic mass is 16.5. The molecule has 0 rings (SSSR count). The van der Waals surface area contributed by atoms with Crippen molar-refractivity contribution in [2.45, 2.75) is 44.8 Å². The van der Waals surface area contributed by atoms with E-state index in [0.29, 0.717) is 18.4 Å². The quantitative estimate of drug-likeness (QED) is 0.278. The van der Waals surface area contributed by atoms with Crippen molar-refractivity contribution in [3.05, 3.63) is 12.2 Å². The molecule has 0 aliphatic heterocycles. The Morgan fingerprint density at radius 3 is 2.40 bits per heavy atom. The molecule has 88 valence electrons. The number of rotatable bonds is 8. The van der Waals surface area contributed by atoms with E-state index in [2.05, 4.69) is 11.3 Å². The van der Waals surface area contributed by atoms with Crippen molar-refractivity contribution in [2.24, 2.45) is 0 Å². The van der Waals surface area contributed by atoms with Crippen molar-refractivity contribution >= 4 is 5.97 Å². The summed E-state index contributed by atoms with van der Waals surface area (Å²) in [6.07, 6.45) is 3.44. The number of aliphatic hydroxyl groups is 2. The summed E-state index contributed by atoms with van der Waals surface area (Å²) < 4.78 is 4.52. The lowest BCUT2D eigenvalue weighted by molar-refractivity contribution is -0.136. The molecule has 0 aromatic heterocycles. The first-order chi connectivity index (χ1) is 7.07. The van der Waals surface area contributed by atoms with E-state index in [4.69, 9.17) is 10.2 Å². The fourth-order valence-electron chi connectivity index (χ4n) is 1.27. The van der Waals surface area contributed by atoms with Crippen LogP contribution in [0.2, 0.25) is 0 Å². The second-order valence-corrected chi connectivity index (χ2v) is 3.53. The van der Waals surface area contributed by atoms with Gasteiger partial charge in [-0.05, 0) is 25.7 Å². The molecular weight excluding hydrogens is 196 g/mol. The van der Waals surface area contributed by atoms with Gasteiger partial charge in [0.25, 0.3) is 0 Å². The van der Waals surface area contributed by atoms with Gasteiger partial charge in [-0.3, -0.25) is 0 Å². The van der Waals surface area contributed by atoms with Crippen LogP contribution in [-0.2, 0) is 9.53 Å². The van der Waals surface area contributed by atoms with Gasteiger partial charge in [0.2, 0.25) is 0 Å². The van der Waals surface area contributed by atoms with Crippen molar-refractivity contribution in [1.29, 1.82) is 0 Å². The third kappa shape index (κ3) is 8.15. The molecule has 0 saturated heterocycles. The molecule has 4 nitrogen and oxygen atoms in total. The average molecular weight is 216 g/mol. The van der Waals surface area contributed by atoms with Gasteiger partial charge in [-0.15, -0.1) is 0 Å². The monoisotopic (exact) mass is 216 g/mol. The number of hydrogen-bond donors (Lipinski definition) is 2. The molecule has 0 unspecified atom stereocenters. The van der Waals surface area contributed by atoms with Crippen LogP contribution in [0.4, 0.5) is 0 Å². The Bertz CT molecular complexity index is 199. The Kier molecular flexibility index (Phi) is 7.95. The predicted molar refractivity (Wildman–Crippen MR) is 57.1 cm³/mol. The van der Waals surface area contributed by atoms with E-state index in [1.807, 2.05) is 0 Å². The van der Waals surface area contributed by atoms with Gasteiger partial charge < -0.3 is 14.9 Å². The molecule has 0 saturated carbocycles. The highest BCUT2D eigenvalue weighted by Crippen LogP contribution is 2.11. The Morgan fingerprint density at radius 1 is 1.27 bits per heavy atom. The van der Waals surface area contributed by atoms with Crippen LogP contribution >= 0.6 is 0 Å². The molecule has 0 spiro atoms. The van der Waals surface area contributed by atoms with Gasteiger partial charge in [-0.25, -0.2) is 4.79 Å². The predicted octanol–water partition coefficient (Wildman–Crippen LogP) is 1.37. The van der Waals surface area contributed by atoms with E-state index in [1.54, 1.807) is 0 Å². The normalized spacial score (nSPS) is 10.4. The number of methoxy groups -OCH3 is 1. The third-order valence-electron chi connectivity index (χ3n) is 2.16. The van der Waals surface area contributed by atoms with Crippen molar-refractivity contribution in [3.8, 4) is 0 Å². The summed E-state index contributed by atoms with van der Waals surface area (Å²) in [6.45, 7) is 3.62. The first kappa shape index (κ1) is 14.1. The number of carbonyl (C=O) groups is 1. The van der Waals surface area contributed by atoms with E-state index in [1.165, 1.54) is 7.11 Å². The zero-order chi connectivity index (χ0) is 11.7. The van der Waals surface area contributed by atoms with Gasteiger partial charge in [0.05, 0.1) is 7.11 Å². The molecule has 15 heavy (non-hydrogen) atoms. The number of ether oxygens (including phenoxy) is 1. The van der Waals surface area contributed by atoms with Crippen molar-refractivity contribution in [2.75, 3.05) is 7.11 Å². The maximum Gasteiger partial charge on any atom is 0.333 e. The average Bonchev–Trinajstić information content (AvgIpc) is 2.21. The van der Waals surface area contributed by atoms with Gasteiger partial charge in [-0.2, -0.15) is 0 Å². The summed E-state index contributed by atoms with van der Waals surface area (Å²) in [7, 11) is 1.34. The van der Waals surface area contributed by atoms with Crippen molar-refractivity contribution < 1.29 is 19.7 Å². The number of hydrogen-bond acceptors (Lipinski definition) is 4. The molecule has 0 fully saturated rings. The molecule has 0 aromatic rings. The van der Waals surface area contributed by atoms with Crippen LogP contribution in [-0.4, -0.2) is 29.6 Å². The minimum atomic E-state index is -1.20. The molecule has 0 radical (unpaired) electrons. The molecule has 0 amide bonds. The maximum atomic E-state index is 10.9. The lowest BCUT2D eigenvalue weighted by atomic mass is 10.1. The van der Waals surface area contributed by atoms with Crippen LogP contribution in [0.1, 0.15) is 38.5 Å². The van der Waals surface area contributed by atoms with Crippen LogP contribution in [0.5, 0.6) is 0 Å². The molecule has 4 heteroatoms. The number of esters is 1. The molecule has 0 aromatic carbocycles. The topological polar surface area (TPSA) is 66.8 Å². The van der Waals surface area contributed by atoms with Gasteiger partial charge in [0.1, 0.15) is 0 Å². The van der Waals surface area contributed by atoms with Crippen LogP contribution in [0.25, 0.3) is 0 Å². The fraction of sp³-hybridized carbons (Fsp3) is 0.727. The number of carbonyl (C=O) groups excluding carboxylic acids is 1. The lowest BCUT2D eigenvalue weighted by Gasteiger charge is -2.04. The van der Waals surface area contributed by atoms with Gasteiger partial charge in [0.15, 0.2) is 6.29 Å². The van der Waals surface area contributed by atoms with Crippen LogP contribution < -0.4 is 0 Å². The molecule has 0 aliphatic carbocycles. The smallest absolute Gasteiger partial charge is 0.333 e. The standard InChI is InChI=1S/C11H20O4/c1-9(11(14)15-2)7-5-3-4-6-8-10(12)13/h10,12-13H,1,3-8H2,2H3. The SMILES string of the molecule is C=C(CCCCCCC(O)O)C(=O)OC. The zero-order valence-electron chi connectivity index (χ0n) is 9.24. The molecule has 2 N–H and O–H groups in total. The van der Waals surface area contributed by atoms with Crippen LogP contribution in [0.15, 0.2) is 12.2 Å². The minimum absolute atomic E-state index is 0.346. The van der Waals surface area contributed by atoms with E-state index < -0.39 is 6.29 Å². The Labute approximate surface area is 90.6 Å². The summed E-state index contributed by atoms with van der Waals surface area (Å²) >= 11 is 0.